The van der Waals surface area contributed by atoms with Crippen molar-refractivity contribution in [2.75, 3.05) is 24.5 Å². The Balaban J connectivity index is 1.53. The van der Waals surface area contributed by atoms with E-state index in [1.807, 2.05) is 0 Å². The number of fused-ring (bicyclic) bond motifs is 1. The lowest BCUT2D eigenvalue weighted by molar-refractivity contribution is 0.244. The molecule has 2 aromatic heterocycles. The molecule has 1 fully saturated rings. The van der Waals surface area contributed by atoms with Gasteiger partial charge in [-0.3, -0.25) is 14.7 Å². The lowest BCUT2D eigenvalue weighted by Crippen LogP contribution is -2.39. The van der Waals surface area contributed by atoms with Crippen LogP contribution in [0.1, 0.15) is 35.9 Å². The second-order valence-corrected chi connectivity index (χ2v) is 8.08. The van der Waals surface area contributed by atoms with Crippen LogP contribution >= 0.6 is 11.3 Å². The van der Waals surface area contributed by atoms with E-state index in [1.165, 1.54) is 17.7 Å². The highest BCUT2D eigenvalue weighted by Gasteiger charge is 2.24. The quantitative estimate of drug-likeness (QED) is 0.930. The van der Waals surface area contributed by atoms with Crippen LogP contribution in [0, 0.1) is 5.92 Å². The van der Waals surface area contributed by atoms with Crippen molar-refractivity contribution in [2.45, 2.75) is 39.3 Å². The minimum atomic E-state index is 0.0455. The van der Waals surface area contributed by atoms with Crippen LogP contribution in [-0.4, -0.2) is 34.5 Å². The smallest absolute Gasteiger partial charge is 0.257 e. The van der Waals surface area contributed by atoms with Crippen LogP contribution < -0.4 is 10.5 Å². The van der Waals surface area contributed by atoms with Crippen molar-refractivity contribution in [3.8, 4) is 0 Å². The third kappa shape index (κ3) is 3.26. The fourth-order valence-corrected chi connectivity index (χ4v) is 4.50. The molecule has 1 atom stereocenters. The number of aromatic amines is 1. The number of thiophene rings is 1. The van der Waals surface area contributed by atoms with E-state index in [4.69, 9.17) is 4.98 Å². The zero-order valence-electron chi connectivity index (χ0n) is 14.1. The number of piperidine rings is 1. The molecular weight excluding hydrogens is 320 g/mol. The summed E-state index contributed by atoms with van der Waals surface area (Å²) in [6.45, 7) is 6.85. The van der Waals surface area contributed by atoms with E-state index < -0.39 is 0 Å². The van der Waals surface area contributed by atoms with Gasteiger partial charge < -0.3 is 4.90 Å². The second-order valence-electron chi connectivity index (χ2n) is 7.05. The van der Waals surface area contributed by atoms with Crippen LogP contribution in [0.25, 0.3) is 0 Å². The Labute approximate surface area is 146 Å². The molecule has 1 N–H and O–H groups in total. The molecule has 0 amide bonds. The molecule has 2 aliphatic rings. The van der Waals surface area contributed by atoms with Gasteiger partial charge in [0.1, 0.15) is 0 Å². The number of H-pyrrole nitrogens is 1. The van der Waals surface area contributed by atoms with Crippen molar-refractivity contribution in [3.05, 3.63) is 44.0 Å². The molecule has 5 nitrogen and oxygen atoms in total. The normalized spacial score (nSPS) is 21.7. The lowest BCUT2D eigenvalue weighted by atomic mass is 10.0. The summed E-state index contributed by atoms with van der Waals surface area (Å²) in [6.07, 6.45) is 3.31. The third-order valence-corrected chi connectivity index (χ3v) is 5.91. The van der Waals surface area contributed by atoms with E-state index in [0.717, 1.165) is 49.8 Å². The summed E-state index contributed by atoms with van der Waals surface area (Å²) < 4.78 is 0. The Morgan fingerprint density at radius 3 is 3.12 bits per heavy atom. The molecule has 1 saturated heterocycles. The van der Waals surface area contributed by atoms with E-state index in [-0.39, 0.29) is 5.56 Å². The Morgan fingerprint density at radius 2 is 2.33 bits per heavy atom. The fraction of sp³-hybridized carbons (Fsp3) is 0.556. The maximum atomic E-state index is 12.6. The average Bonchev–Trinajstić information content (AvgIpc) is 3.08. The number of aromatic nitrogens is 2. The number of hydrogen-bond acceptors (Lipinski definition) is 5. The van der Waals surface area contributed by atoms with E-state index in [9.17, 15) is 4.79 Å². The number of rotatable bonds is 3. The highest BCUT2D eigenvalue weighted by Crippen LogP contribution is 2.22. The highest BCUT2D eigenvalue weighted by molar-refractivity contribution is 7.09. The summed E-state index contributed by atoms with van der Waals surface area (Å²) in [5.74, 6) is 1.44. The fourth-order valence-electron chi connectivity index (χ4n) is 3.76. The topological polar surface area (TPSA) is 52.2 Å². The molecule has 0 aromatic carbocycles. The zero-order chi connectivity index (χ0) is 16.5. The molecule has 0 aliphatic carbocycles. The van der Waals surface area contributed by atoms with Crippen molar-refractivity contribution in [2.24, 2.45) is 5.92 Å². The number of nitrogens with one attached hydrogen (secondary N) is 1. The average molecular weight is 344 g/mol. The molecule has 2 aromatic rings. The van der Waals surface area contributed by atoms with Gasteiger partial charge in [-0.1, -0.05) is 13.0 Å². The minimum Gasteiger partial charge on any atom is -0.342 e. The van der Waals surface area contributed by atoms with E-state index in [2.05, 4.69) is 39.2 Å². The Hall–Kier alpha value is -1.66. The molecule has 4 rings (SSSR count). The van der Waals surface area contributed by atoms with Gasteiger partial charge in [-0.25, -0.2) is 4.98 Å². The molecule has 0 spiro atoms. The maximum absolute atomic E-state index is 12.6. The molecule has 0 bridgehead atoms. The summed E-state index contributed by atoms with van der Waals surface area (Å²) in [5.41, 5.74) is 1.89. The lowest BCUT2D eigenvalue weighted by Gasteiger charge is -2.33. The number of anilines is 1. The van der Waals surface area contributed by atoms with Gasteiger partial charge in [-0.15, -0.1) is 11.3 Å². The standard InChI is InChI=1S/C18H24N4OS/c1-13-4-2-7-22(10-13)18-19-16-6-8-21(11-14-5-3-9-24-14)12-15(16)17(23)20-18/h3,5,9,13H,2,4,6-8,10-12H2,1H3,(H,19,20,23)/t13-/m0/s1. The summed E-state index contributed by atoms with van der Waals surface area (Å²) >= 11 is 1.77. The molecule has 128 valence electrons. The van der Waals surface area contributed by atoms with Crippen molar-refractivity contribution >= 4 is 17.3 Å². The maximum Gasteiger partial charge on any atom is 0.257 e. The van der Waals surface area contributed by atoms with Crippen LogP contribution in [0.4, 0.5) is 5.95 Å². The van der Waals surface area contributed by atoms with Crippen LogP contribution in [-0.2, 0) is 19.5 Å². The minimum absolute atomic E-state index is 0.0455. The first-order valence-electron chi connectivity index (χ1n) is 8.81. The molecular formula is C18H24N4OS. The SMILES string of the molecule is C[C@H]1CCCN(c2nc3c(c(=O)[nH]2)CN(Cc2cccs2)CC3)C1. The first-order chi connectivity index (χ1) is 11.7. The van der Waals surface area contributed by atoms with Gasteiger partial charge >= 0.3 is 0 Å². The van der Waals surface area contributed by atoms with Crippen molar-refractivity contribution < 1.29 is 0 Å². The first-order valence-corrected chi connectivity index (χ1v) is 9.69. The highest BCUT2D eigenvalue weighted by atomic mass is 32.1. The van der Waals surface area contributed by atoms with Crippen molar-refractivity contribution in [3.63, 3.8) is 0 Å². The molecule has 4 heterocycles. The van der Waals surface area contributed by atoms with Crippen LogP contribution in [0.5, 0.6) is 0 Å². The van der Waals surface area contributed by atoms with Gasteiger partial charge in [0.15, 0.2) is 0 Å². The van der Waals surface area contributed by atoms with Gasteiger partial charge in [0.25, 0.3) is 5.56 Å². The monoisotopic (exact) mass is 344 g/mol. The van der Waals surface area contributed by atoms with Crippen molar-refractivity contribution in [1.29, 1.82) is 0 Å². The first kappa shape index (κ1) is 15.8. The molecule has 0 radical (unpaired) electrons. The van der Waals surface area contributed by atoms with E-state index in [0.29, 0.717) is 12.5 Å². The molecule has 0 saturated carbocycles. The van der Waals surface area contributed by atoms with Gasteiger partial charge in [0.05, 0.1) is 11.3 Å². The second kappa shape index (κ2) is 6.69. The molecule has 6 heteroatoms. The molecule has 0 unspecified atom stereocenters. The summed E-state index contributed by atoms with van der Waals surface area (Å²) in [7, 11) is 0. The van der Waals surface area contributed by atoms with Gasteiger partial charge in [-0.2, -0.15) is 0 Å². The Kier molecular flexibility index (Phi) is 4.41. The van der Waals surface area contributed by atoms with Crippen LogP contribution in [0.3, 0.4) is 0 Å². The van der Waals surface area contributed by atoms with Gasteiger partial charge in [-0.05, 0) is 30.2 Å². The van der Waals surface area contributed by atoms with E-state index in [1.54, 1.807) is 11.3 Å². The molecule has 24 heavy (non-hydrogen) atoms. The Morgan fingerprint density at radius 1 is 1.42 bits per heavy atom. The van der Waals surface area contributed by atoms with Crippen LogP contribution in [0.2, 0.25) is 0 Å². The largest absolute Gasteiger partial charge is 0.342 e. The molecule has 2 aliphatic heterocycles. The van der Waals surface area contributed by atoms with Crippen molar-refractivity contribution in [1.82, 2.24) is 14.9 Å². The van der Waals surface area contributed by atoms with Gasteiger partial charge in [0, 0.05) is 44.0 Å². The Bertz CT molecular complexity index is 755. The number of hydrogen-bond donors (Lipinski definition) is 1. The summed E-state index contributed by atoms with van der Waals surface area (Å²) in [5, 5.41) is 2.10. The number of nitrogens with zero attached hydrogens (tertiary/aromatic N) is 3. The van der Waals surface area contributed by atoms with Gasteiger partial charge in [0.2, 0.25) is 5.95 Å². The third-order valence-electron chi connectivity index (χ3n) is 5.05. The summed E-state index contributed by atoms with van der Waals surface area (Å²) in [6, 6.07) is 4.24. The summed E-state index contributed by atoms with van der Waals surface area (Å²) in [4.78, 5) is 26.4. The predicted molar refractivity (Wildman–Crippen MR) is 97.6 cm³/mol. The van der Waals surface area contributed by atoms with E-state index >= 15 is 0 Å². The zero-order valence-corrected chi connectivity index (χ0v) is 14.9. The van der Waals surface area contributed by atoms with Crippen LogP contribution in [0.15, 0.2) is 22.3 Å². The predicted octanol–water partition coefficient (Wildman–Crippen LogP) is 2.63.